The molecule has 26 heavy (non-hydrogen) atoms. The lowest BCUT2D eigenvalue weighted by Crippen LogP contribution is -2.39. The molecule has 1 aromatic heterocycles. The number of nitrogens with one attached hydrogen (secondary N) is 1. The average Bonchev–Trinajstić information content (AvgIpc) is 2.95. The Bertz CT molecular complexity index is 780. The van der Waals surface area contributed by atoms with E-state index in [1.165, 1.54) is 0 Å². The van der Waals surface area contributed by atoms with E-state index in [0.717, 1.165) is 31.2 Å². The van der Waals surface area contributed by atoms with Crippen molar-refractivity contribution in [3.63, 3.8) is 0 Å². The highest BCUT2D eigenvalue weighted by Gasteiger charge is 2.36. The third-order valence-corrected chi connectivity index (χ3v) is 3.57. The van der Waals surface area contributed by atoms with Crippen molar-refractivity contribution in [2.24, 2.45) is 5.73 Å². The first-order valence-electron chi connectivity index (χ1n) is 7.17. The minimum atomic E-state index is -4.55. The summed E-state index contributed by atoms with van der Waals surface area (Å²) < 4.78 is 80.6. The van der Waals surface area contributed by atoms with Crippen molar-refractivity contribution in [3.8, 4) is 11.3 Å². The molecule has 11 heteroatoms. The maximum atomic E-state index is 12.6. The third kappa shape index (κ3) is 4.34. The van der Waals surface area contributed by atoms with E-state index in [2.05, 4.69) is 10.5 Å². The number of halogens is 6. The van der Waals surface area contributed by atoms with Crippen molar-refractivity contribution < 1.29 is 35.7 Å². The van der Waals surface area contributed by atoms with Crippen molar-refractivity contribution in [3.05, 3.63) is 41.1 Å². The molecule has 0 aliphatic carbocycles. The van der Waals surface area contributed by atoms with Crippen LogP contribution in [-0.2, 0) is 12.7 Å². The number of benzene rings is 1. The molecule has 1 amide bonds. The van der Waals surface area contributed by atoms with Gasteiger partial charge < -0.3 is 15.6 Å². The van der Waals surface area contributed by atoms with Crippen molar-refractivity contribution >= 4 is 5.91 Å². The molecule has 0 aliphatic heterocycles. The molecule has 1 unspecified atom stereocenters. The van der Waals surface area contributed by atoms with Crippen molar-refractivity contribution in [2.45, 2.75) is 31.9 Å². The van der Waals surface area contributed by atoms with E-state index in [4.69, 9.17) is 10.3 Å². The Morgan fingerprint density at radius 1 is 1.19 bits per heavy atom. The minimum Gasteiger partial charge on any atom is -0.364 e. The normalized spacial score (nSPS) is 13.7. The highest BCUT2D eigenvalue weighted by atomic mass is 19.4. The fourth-order valence-corrected chi connectivity index (χ4v) is 2.08. The number of amides is 1. The molecule has 2 aromatic rings. The average molecular weight is 381 g/mol. The Balaban J connectivity index is 2.36. The Morgan fingerprint density at radius 3 is 2.23 bits per heavy atom. The van der Waals surface area contributed by atoms with Crippen molar-refractivity contribution in [1.29, 1.82) is 0 Å². The van der Waals surface area contributed by atoms with Crippen LogP contribution in [0.4, 0.5) is 26.3 Å². The summed E-state index contributed by atoms with van der Waals surface area (Å²) in [5, 5.41) is 5.56. The summed E-state index contributed by atoms with van der Waals surface area (Å²) in [7, 11) is 0. The molecule has 0 fully saturated rings. The first-order valence-corrected chi connectivity index (χ1v) is 7.17. The summed E-state index contributed by atoms with van der Waals surface area (Å²) in [6.45, 7) is 0.397. The van der Waals surface area contributed by atoms with E-state index >= 15 is 0 Å². The monoisotopic (exact) mass is 381 g/mol. The quantitative estimate of drug-likeness (QED) is 0.777. The van der Waals surface area contributed by atoms with Gasteiger partial charge in [0.2, 0.25) is 0 Å². The van der Waals surface area contributed by atoms with Gasteiger partial charge >= 0.3 is 12.4 Å². The van der Waals surface area contributed by atoms with Crippen LogP contribution in [0, 0.1) is 0 Å². The highest BCUT2D eigenvalue weighted by Crippen LogP contribution is 2.32. The summed E-state index contributed by atoms with van der Waals surface area (Å²) in [6.07, 6.45) is -9.08. The van der Waals surface area contributed by atoms with E-state index in [1.54, 1.807) is 0 Å². The lowest BCUT2D eigenvalue weighted by Gasteiger charge is -2.17. The Labute approximate surface area is 143 Å². The largest absolute Gasteiger partial charge is 0.416 e. The number of nitrogens with zero attached hydrogens (tertiary/aromatic N) is 1. The second kappa shape index (κ2) is 6.98. The van der Waals surface area contributed by atoms with Crippen LogP contribution in [-0.4, -0.2) is 23.3 Å². The predicted molar refractivity (Wildman–Crippen MR) is 77.8 cm³/mol. The lowest BCUT2D eigenvalue weighted by atomic mass is 10.0. The Hall–Kier alpha value is -2.56. The number of hydrogen-bond acceptors (Lipinski definition) is 4. The molecule has 2 rings (SSSR count). The molecule has 1 aromatic carbocycles. The number of nitrogens with two attached hydrogens (primary N) is 1. The fourth-order valence-electron chi connectivity index (χ4n) is 2.08. The van der Waals surface area contributed by atoms with Gasteiger partial charge in [-0.05, 0) is 19.1 Å². The molecule has 0 saturated carbocycles. The zero-order valence-electron chi connectivity index (χ0n) is 13.2. The predicted octanol–water partition coefficient (Wildman–Crippen LogP) is 3.50. The van der Waals surface area contributed by atoms with Crippen LogP contribution < -0.4 is 11.1 Å². The van der Waals surface area contributed by atoms with Gasteiger partial charge in [-0.25, -0.2) is 0 Å². The van der Waals surface area contributed by atoms with Gasteiger partial charge in [-0.2, -0.15) is 26.3 Å². The van der Waals surface area contributed by atoms with Gasteiger partial charge in [0, 0.05) is 17.7 Å². The number of carbonyl (C=O) groups is 1. The molecule has 0 bridgehead atoms. The number of carbonyl (C=O) groups excluding carboxylic acids is 1. The van der Waals surface area contributed by atoms with Gasteiger partial charge in [-0.15, -0.1) is 0 Å². The molecule has 1 heterocycles. The maximum Gasteiger partial charge on any atom is 0.416 e. The van der Waals surface area contributed by atoms with E-state index < -0.39 is 42.1 Å². The number of hydrogen-bond donors (Lipinski definition) is 2. The summed E-state index contributed by atoms with van der Waals surface area (Å²) in [5.74, 6) is -1.18. The summed E-state index contributed by atoms with van der Waals surface area (Å²) in [4.78, 5) is 11.4. The van der Waals surface area contributed by atoms with E-state index in [0.29, 0.717) is 0 Å². The number of primary amides is 1. The SMILES string of the molecule is CC(NCc1c(C(N)=O)noc1-c1ccc(C(F)(F)F)cc1)C(F)(F)F. The van der Waals surface area contributed by atoms with Gasteiger partial charge in [-0.3, -0.25) is 4.79 Å². The van der Waals surface area contributed by atoms with Crippen LogP contribution in [0.15, 0.2) is 28.8 Å². The van der Waals surface area contributed by atoms with Crippen LogP contribution in [0.25, 0.3) is 11.3 Å². The topological polar surface area (TPSA) is 81.1 Å². The third-order valence-electron chi connectivity index (χ3n) is 3.57. The second-order valence-electron chi connectivity index (χ2n) is 5.42. The molecule has 3 N–H and O–H groups in total. The van der Waals surface area contributed by atoms with Gasteiger partial charge in [-0.1, -0.05) is 17.3 Å². The van der Waals surface area contributed by atoms with Gasteiger partial charge in [0.25, 0.3) is 5.91 Å². The molecule has 5 nitrogen and oxygen atoms in total. The smallest absolute Gasteiger partial charge is 0.364 e. The molecule has 142 valence electrons. The minimum absolute atomic E-state index is 0.0756. The first kappa shape index (κ1) is 19.8. The maximum absolute atomic E-state index is 12.6. The van der Waals surface area contributed by atoms with Gasteiger partial charge in [0.05, 0.1) is 5.56 Å². The zero-order valence-corrected chi connectivity index (χ0v) is 13.2. The number of aromatic nitrogens is 1. The van der Waals surface area contributed by atoms with Crippen molar-refractivity contribution in [2.75, 3.05) is 0 Å². The van der Waals surface area contributed by atoms with Gasteiger partial charge in [0.1, 0.15) is 6.04 Å². The van der Waals surface area contributed by atoms with E-state index in [9.17, 15) is 31.1 Å². The number of alkyl halides is 6. The standard InChI is InChI=1S/C15H13F6N3O2/c1-7(14(16,17)18)23-6-10-11(13(22)25)24-26-12(10)8-2-4-9(5-3-8)15(19,20)21/h2-5,7,23H,6H2,1H3,(H2,22,25). The summed E-state index contributed by atoms with van der Waals surface area (Å²) >= 11 is 0. The van der Waals surface area contributed by atoms with E-state index in [-0.39, 0.29) is 16.9 Å². The van der Waals surface area contributed by atoms with Crippen molar-refractivity contribution in [1.82, 2.24) is 10.5 Å². The molecule has 1 atom stereocenters. The molecule has 0 aliphatic rings. The van der Waals surface area contributed by atoms with Crippen LogP contribution in [0.5, 0.6) is 0 Å². The van der Waals surface area contributed by atoms with Crippen LogP contribution >= 0.6 is 0 Å². The first-order chi connectivity index (χ1) is 11.9. The van der Waals surface area contributed by atoms with E-state index in [1.807, 2.05) is 0 Å². The molecular formula is C15H13F6N3O2. The van der Waals surface area contributed by atoms with Gasteiger partial charge in [0.15, 0.2) is 11.5 Å². The lowest BCUT2D eigenvalue weighted by molar-refractivity contribution is -0.151. The zero-order chi connectivity index (χ0) is 19.7. The molecule has 0 spiro atoms. The van der Waals surface area contributed by atoms with Crippen LogP contribution in [0.1, 0.15) is 28.5 Å². The number of rotatable bonds is 5. The second-order valence-corrected chi connectivity index (χ2v) is 5.42. The Morgan fingerprint density at radius 2 is 1.77 bits per heavy atom. The molecule has 0 radical (unpaired) electrons. The highest BCUT2D eigenvalue weighted by molar-refractivity contribution is 5.93. The fraction of sp³-hybridized carbons (Fsp3) is 0.333. The van der Waals surface area contributed by atoms with Crippen LogP contribution in [0.3, 0.4) is 0 Å². The molecular weight excluding hydrogens is 368 g/mol. The summed E-state index contributed by atoms with van der Waals surface area (Å²) in [6, 6.07) is 1.77. The summed E-state index contributed by atoms with van der Waals surface area (Å²) in [5.41, 5.74) is 3.83. The van der Waals surface area contributed by atoms with Crippen LogP contribution in [0.2, 0.25) is 0 Å². The Kier molecular flexibility index (Phi) is 5.31. The molecule has 0 saturated heterocycles.